The van der Waals surface area contributed by atoms with Gasteiger partial charge in [0.2, 0.25) is 0 Å². The number of amides is 1. The van der Waals surface area contributed by atoms with E-state index in [1.807, 2.05) is 20.8 Å². The molecule has 0 aromatic rings. The minimum Gasteiger partial charge on any atom is -0.444 e. The molecule has 106 valence electrons. The lowest BCUT2D eigenvalue weighted by molar-refractivity contribution is 0.0527. The third-order valence-corrected chi connectivity index (χ3v) is 3.01. The van der Waals surface area contributed by atoms with Gasteiger partial charge in [0.05, 0.1) is 0 Å². The first kappa shape index (κ1) is 15.3. The summed E-state index contributed by atoms with van der Waals surface area (Å²) in [6.07, 6.45) is 4.58. The van der Waals surface area contributed by atoms with Crippen LogP contribution in [-0.2, 0) is 4.74 Å². The van der Waals surface area contributed by atoms with Crippen molar-refractivity contribution in [1.29, 1.82) is 0 Å². The standard InChI is InChI=1S/C14H28N2O2/c1-5-7-11-10-12(11)15-8-6-9-16-13(17)18-14(2,3)4/h11-12,15H,5-10H2,1-4H3,(H,16,17). The maximum Gasteiger partial charge on any atom is 0.407 e. The summed E-state index contributed by atoms with van der Waals surface area (Å²) in [4.78, 5) is 11.4. The molecule has 0 heterocycles. The SMILES string of the molecule is CCCC1CC1NCCCNC(=O)OC(C)(C)C. The minimum absolute atomic E-state index is 0.321. The second-order valence-electron chi connectivity index (χ2n) is 6.13. The quantitative estimate of drug-likeness (QED) is 0.689. The molecule has 0 saturated heterocycles. The molecular formula is C14H28N2O2. The normalized spacial score (nSPS) is 22.7. The number of ether oxygens (including phenoxy) is 1. The average molecular weight is 256 g/mol. The van der Waals surface area contributed by atoms with Crippen molar-refractivity contribution in [3.8, 4) is 0 Å². The van der Waals surface area contributed by atoms with Crippen LogP contribution in [0, 0.1) is 5.92 Å². The fourth-order valence-corrected chi connectivity index (χ4v) is 2.07. The van der Waals surface area contributed by atoms with E-state index in [2.05, 4.69) is 17.6 Å². The van der Waals surface area contributed by atoms with Gasteiger partial charge in [0.1, 0.15) is 5.60 Å². The average Bonchev–Trinajstić information content (AvgIpc) is 2.94. The highest BCUT2D eigenvalue weighted by Crippen LogP contribution is 2.34. The van der Waals surface area contributed by atoms with Crippen LogP contribution in [0.25, 0.3) is 0 Å². The lowest BCUT2D eigenvalue weighted by Gasteiger charge is -2.19. The van der Waals surface area contributed by atoms with Crippen LogP contribution in [0.15, 0.2) is 0 Å². The molecule has 0 aliphatic heterocycles. The van der Waals surface area contributed by atoms with E-state index < -0.39 is 5.60 Å². The van der Waals surface area contributed by atoms with Crippen molar-refractivity contribution in [3.63, 3.8) is 0 Å². The van der Waals surface area contributed by atoms with Gasteiger partial charge in [0.15, 0.2) is 0 Å². The minimum atomic E-state index is -0.413. The number of carbonyl (C=O) groups is 1. The zero-order chi connectivity index (χ0) is 13.6. The first-order valence-electron chi connectivity index (χ1n) is 7.12. The smallest absolute Gasteiger partial charge is 0.407 e. The largest absolute Gasteiger partial charge is 0.444 e. The molecule has 1 fully saturated rings. The fraction of sp³-hybridized carbons (Fsp3) is 0.929. The van der Waals surface area contributed by atoms with Crippen LogP contribution >= 0.6 is 0 Å². The van der Waals surface area contributed by atoms with E-state index in [-0.39, 0.29) is 6.09 Å². The van der Waals surface area contributed by atoms with Gasteiger partial charge in [-0.15, -0.1) is 0 Å². The molecule has 0 aromatic heterocycles. The van der Waals surface area contributed by atoms with Crippen molar-refractivity contribution in [2.24, 2.45) is 5.92 Å². The molecular weight excluding hydrogens is 228 g/mol. The Balaban J connectivity index is 1.92. The Bertz CT molecular complexity index is 261. The Morgan fingerprint density at radius 3 is 2.67 bits per heavy atom. The van der Waals surface area contributed by atoms with Gasteiger partial charge in [0.25, 0.3) is 0 Å². The second kappa shape index (κ2) is 6.98. The van der Waals surface area contributed by atoms with Crippen molar-refractivity contribution in [1.82, 2.24) is 10.6 Å². The van der Waals surface area contributed by atoms with Crippen molar-refractivity contribution < 1.29 is 9.53 Å². The van der Waals surface area contributed by atoms with Crippen LogP contribution < -0.4 is 10.6 Å². The molecule has 2 N–H and O–H groups in total. The van der Waals surface area contributed by atoms with Gasteiger partial charge in [-0.05, 0) is 52.5 Å². The zero-order valence-corrected chi connectivity index (χ0v) is 12.2. The molecule has 0 spiro atoms. The first-order valence-corrected chi connectivity index (χ1v) is 7.12. The summed E-state index contributed by atoms with van der Waals surface area (Å²) >= 11 is 0. The Labute approximate surface area is 111 Å². The van der Waals surface area contributed by atoms with E-state index in [1.54, 1.807) is 0 Å². The summed E-state index contributed by atoms with van der Waals surface area (Å²) in [5, 5.41) is 6.29. The number of carbonyl (C=O) groups excluding carboxylic acids is 1. The van der Waals surface area contributed by atoms with E-state index in [1.165, 1.54) is 19.3 Å². The Morgan fingerprint density at radius 1 is 1.33 bits per heavy atom. The molecule has 1 amide bonds. The van der Waals surface area contributed by atoms with Crippen LogP contribution in [0.3, 0.4) is 0 Å². The van der Waals surface area contributed by atoms with Gasteiger partial charge in [-0.25, -0.2) is 4.79 Å². The maximum atomic E-state index is 11.4. The van der Waals surface area contributed by atoms with Crippen molar-refractivity contribution in [2.75, 3.05) is 13.1 Å². The van der Waals surface area contributed by atoms with Crippen LogP contribution in [0.1, 0.15) is 53.4 Å². The van der Waals surface area contributed by atoms with Gasteiger partial charge in [0, 0.05) is 12.6 Å². The van der Waals surface area contributed by atoms with Crippen LogP contribution in [0.2, 0.25) is 0 Å². The molecule has 4 nitrogen and oxygen atoms in total. The molecule has 18 heavy (non-hydrogen) atoms. The fourth-order valence-electron chi connectivity index (χ4n) is 2.07. The number of hydrogen-bond acceptors (Lipinski definition) is 3. The third kappa shape index (κ3) is 6.84. The van der Waals surface area contributed by atoms with E-state index in [9.17, 15) is 4.79 Å². The molecule has 1 aliphatic rings. The zero-order valence-electron chi connectivity index (χ0n) is 12.2. The molecule has 0 radical (unpaired) electrons. The lowest BCUT2D eigenvalue weighted by atomic mass is 10.2. The number of rotatable bonds is 7. The first-order chi connectivity index (χ1) is 8.42. The Kier molecular flexibility index (Phi) is 5.93. The van der Waals surface area contributed by atoms with Gasteiger partial charge >= 0.3 is 6.09 Å². The highest BCUT2D eigenvalue weighted by atomic mass is 16.6. The molecule has 2 unspecified atom stereocenters. The van der Waals surface area contributed by atoms with Crippen molar-refractivity contribution in [2.45, 2.75) is 65.0 Å². The van der Waals surface area contributed by atoms with E-state index in [0.29, 0.717) is 6.54 Å². The summed E-state index contributed by atoms with van der Waals surface area (Å²) in [6.45, 7) is 9.49. The van der Waals surface area contributed by atoms with Gasteiger partial charge in [-0.3, -0.25) is 0 Å². The predicted octanol–water partition coefficient (Wildman–Crippen LogP) is 2.68. The van der Waals surface area contributed by atoms with E-state index >= 15 is 0 Å². The van der Waals surface area contributed by atoms with Crippen molar-refractivity contribution in [3.05, 3.63) is 0 Å². The molecule has 1 aliphatic carbocycles. The number of nitrogens with one attached hydrogen (secondary N) is 2. The Hall–Kier alpha value is -0.770. The number of alkyl carbamates (subject to hydrolysis) is 1. The van der Waals surface area contributed by atoms with Crippen molar-refractivity contribution >= 4 is 6.09 Å². The van der Waals surface area contributed by atoms with Crippen LogP contribution in [0.4, 0.5) is 4.79 Å². The monoisotopic (exact) mass is 256 g/mol. The second-order valence-corrected chi connectivity index (χ2v) is 6.13. The van der Waals surface area contributed by atoms with Gasteiger partial charge in [-0.1, -0.05) is 13.3 Å². The predicted molar refractivity (Wildman–Crippen MR) is 73.7 cm³/mol. The molecule has 1 saturated carbocycles. The van der Waals surface area contributed by atoms with Gasteiger partial charge < -0.3 is 15.4 Å². The van der Waals surface area contributed by atoms with Crippen LogP contribution in [0.5, 0.6) is 0 Å². The summed E-state index contributed by atoms with van der Waals surface area (Å²) in [7, 11) is 0. The molecule has 4 heteroatoms. The van der Waals surface area contributed by atoms with Gasteiger partial charge in [-0.2, -0.15) is 0 Å². The Morgan fingerprint density at radius 2 is 2.06 bits per heavy atom. The summed E-state index contributed by atoms with van der Waals surface area (Å²) in [5.74, 6) is 0.897. The highest BCUT2D eigenvalue weighted by Gasteiger charge is 2.34. The van der Waals surface area contributed by atoms with Crippen LogP contribution in [-0.4, -0.2) is 30.8 Å². The maximum absolute atomic E-state index is 11.4. The third-order valence-electron chi connectivity index (χ3n) is 3.01. The molecule has 0 aromatic carbocycles. The molecule has 0 bridgehead atoms. The molecule has 2 atom stereocenters. The van der Waals surface area contributed by atoms with E-state index in [0.717, 1.165) is 24.9 Å². The lowest BCUT2D eigenvalue weighted by Crippen LogP contribution is -2.34. The number of hydrogen-bond donors (Lipinski definition) is 2. The van der Waals surface area contributed by atoms with E-state index in [4.69, 9.17) is 4.74 Å². The summed E-state index contributed by atoms with van der Waals surface area (Å²) < 4.78 is 5.16. The summed E-state index contributed by atoms with van der Waals surface area (Å²) in [6, 6.07) is 0.728. The highest BCUT2D eigenvalue weighted by molar-refractivity contribution is 5.67. The topological polar surface area (TPSA) is 50.4 Å². The molecule has 1 rings (SSSR count). The summed E-state index contributed by atoms with van der Waals surface area (Å²) in [5.41, 5.74) is -0.413.